The van der Waals surface area contributed by atoms with Crippen LogP contribution in [-0.2, 0) is 6.42 Å². The Kier molecular flexibility index (Phi) is 3.08. The van der Waals surface area contributed by atoms with Crippen LogP contribution in [0.15, 0.2) is 34.3 Å². The molecule has 2 N–H and O–H groups in total. The highest BCUT2D eigenvalue weighted by Gasteiger charge is 2.13. The van der Waals surface area contributed by atoms with Crippen molar-refractivity contribution in [2.24, 2.45) is 0 Å². The van der Waals surface area contributed by atoms with E-state index in [1.54, 1.807) is 11.3 Å². The van der Waals surface area contributed by atoms with Crippen molar-refractivity contribution in [1.29, 1.82) is 0 Å². The molecule has 0 atom stereocenters. The van der Waals surface area contributed by atoms with E-state index >= 15 is 0 Å². The summed E-state index contributed by atoms with van der Waals surface area (Å²) in [5.74, 6) is 0. The molecule has 0 aliphatic rings. The molecule has 0 radical (unpaired) electrons. The highest BCUT2D eigenvalue weighted by molar-refractivity contribution is 7.09. The van der Waals surface area contributed by atoms with Crippen LogP contribution < -0.4 is 10.6 Å². The number of hydrogen-bond acceptors (Lipinski definition) is 6. The van der Waals surface area contributed by atoms with Gasteiger partial charge in [-0.15, -0.1) is 11.3 Å². The third-order valence-electron chi connectivity index (χ3n) is 3.11. The van der Waals surface area contributed by atoms with Crippen LogP contribution in [0.2, 0.25) is 0 Å². The molecule has 1 aromatic carbocycles. The Morgan fingerprint density at radius 2 is 2.11 bits per heavy atom. The lowest BCUT2D eigenvalue weighted by Crippen LogP contribution is -2.20. The number of benzene rings is 1. The zero-order valence-electron chi connectivity index (χ0n) is 10.5. The number of fused-ring (bicyclic) bond motifs is 1. The minimum atomic E-state index is 0.589. The molecule has 0 amide bonds. The first kappa shape index (κ1) is 12.0. The van der Waals surface area contributed by atoms with E-state index in [1.165, 1.54) is 4.88 Å². The molecule has 0 spiro atoms. The smallest absolute Gasteiger partial charge is 0.160 e. The molecule has 5 nitrogen and oxygen atoms in total. The summed E-state index contributed by atoms with van der Waals surface area (Å²) in [6.45, 7) is 0.909. The molecule has 2 aromatic heterocycles. The van der Waals surface area contributed by atoms with Crippen molar-refractivity contribution in [2.45, 2.75) is 6.42 Å². The van der Waals surface area contributed by atoms with Crippen molar-refractivity contribution < 1.29 is 4.63 Å². The van der Waals surface area contributed by atoms with Crippen LogP contribution in [0.25, 0.3) is 11.0 Å². The van der Waals surface area contributed by atoms with Crippen molar-refractivity contribution in [1.82, 2.24) is 10.3 Å². The van der Waals surface area contributed by atoms with Gasteiger partial charge in [-0.1, -0.05) is 6.07 Å². The van der Waals surface area contributed by atoms with Crippen molar-refractivity contribution in [3.8, 4) is 0 Å². The maximum Gasteiger partial charge on any atom is 0.160 e. The summed E-state index contributed by atoms with van der Waals surface area (Å²) >= 11 is 1.77. The van der Waals surface area contributed by atoms with Gasteiger partial charge in [0, 0.05) is 18.5 Å². The van der Waals surface area contributed by atoms with Gasteiger partial charge in [0.25, 0.3) is 0 Å². The molecule has 2 heterocycles. The summed E-state index contributed by atoms with van der Waals surface area (Å²) < 4.78 is 4.78. The minimum Gasteiger partial charge on any atom is -0.397 e. The molecule has 3 aromatic rings. The highest BCUT2D eigenvalue weighted by atomic mass is 32.1. The van der Waals surface area contributed by atoms with E-state index < -0.39 is 0 Å². The second kappa shape index (κ2) is 4.89. The highest BCUT2D eigenvalue weighted by Crippen LogP contribution is 2.27. The second-order valence-corrected chi connectivity index (χ2v) is 5.42. The summed E-state index contributed by atoms with van der Waals surface area (Å²) in [4.78, 5) is 3.52. The van der Waals surface area contributed by atoms with Crippen LogP contribution in [0, 0.1) is 0 Å². The second-order valence-electron chi connectivity index (χ2n) is 4.39. The molecule has 0 aliphatic carbocycles. The van der Waals surface area contributed by atoms with Gasteiger partial charge in [-0.05, 0) is 40.3 Å². The molecule has 3 rings (SSSR count). The van der Waals surface area contributed by atoms with Gasteiger partial charge in [-0.3, -0.25) is 0 Å². The van der Waals surface area contributed by atoms with E-state index in [0.717, 1.165) is 18.7 Å². The van der Waals surface area contributed by atoms with Crippen LogP contribution in [0.5, 0.6) is 0 Å². The third kappa shape index (κ3) is 2.26. The standard InChI is InChI=1S/C13H14N4OS/c1-17(7-6-9-3-2-8-19-9)11-5-4-10(14)12-13(11)16-18-15-12/h2-5,8H,6-7,14H2,1H3. The number of likely N-dealkylation sites (N-methyl/N-ethyl adjacent to an activating group) is 1. The molecular formula is C13H14N4OS. The van der Waals surface area contributed by atoms with Gasteiger partial charge in [0.05, 0.1) is 11.4 Å². The average molecular weight is 274 g/mol. The molecule has 0 saturated heterocycles. The molecule has 0 saturated carbocycles. The number of nitrogens with two attached hydrogens (primary N) is 1. The van der Waals surface area contributed by atoms with Gasteiger partial charge < -0.3 is 10.6 Å². The maximum absolute atomic E-state index is 5.84. The Balaban J connectivity index is 1.83. The largest absolute Gasteiger partial charge is 0.397 e. The van der Waals surface area contributed by atoms with E-state index in [4.69, 9.17) is 10.4 Å². The maximum atomic E-state index is 5.84. The first-order valence-electron chi connectivity index (χ1n) is 6.00. The fraction of sp³-hybridized carbons (Fsp3) is 0.231. The van der Waals surface area contributed by atoms with Crippen molar-refractivity contribution in [3.63, 3.8) is 0 Å². The molecule has 6 heteroatoms. The van der Waals surface area contributed by atoms with Crippen molar-refractivity contribution >= 4 is 33.7 Å². The van der Waals surface area contributed by atoms with Crippen LogP contribution in [-0.4, -0.2) is 23.9 Å². The molecule has 0 fully saturated rings. The summed E-state index contributed by atoms with van der Waals surface area (Å²) in [5, 5.41) is 9.87. The van der Waals surface area contributed by atoms with Gasteiger partial charge in [0.2, 0.25) is 0 Å². The predicted octanol–water partition coefficient (Wildman–Crippen LogP) is 2.55. The number of thiophene rings is 1. The minimum absolute atomic E-state index is 0.589. The van der Waals surface area contributed by atoms with Gasteiger partial charge in [-0.2, -0.15) is 0 Å². The summed E-state index contributed by atoms with van der Waals surface area (Å²) in [7, 11) is 2.03. The lowest BCUT2D eigenvalue weighted by molar-refractivity contribution is 0.315. The van der Waals surface area contributed by atoms with Crippen molar-refractivity contribution in [3.05, 3.63) is 34.5 Å². The number of nitrogens with zero attached hydrogens (tertiary/aromatic N) is 3. The van der Waals surface area contributed by atoms with Gasteiger partial charge in [-0.25, -0.2) is 4.63 Å². The topological polar surface area (TPSA) is 68.2 Å². The van der Waals surface area contributed by atoms with Crippen LogP contribution in [0.3, 0.4) is 0 Å². The Morgan fingerprint density at radius 1 is 1.26 bits per heavy atom. The third-order valence-corrected chi connectivity index (χ3v) is 4.05. The number of nitrogen functional groups attached to an aromatic ring is 1. The van der Waals surface area contributed by atoms with E-state index in [-0.39, 0.29) is 0 Å². The SMILES string of the molecule is CN(CCc1cccs1)c1ccc(N)c2nonc12. The van der Waals surface area contributed by atoms with Gasteiger partial charge in [0.15, 0.2) is 11.0 Å². The van der Waals surface area contributed by atoms with Gasteiger partial charge in [0.1, 0.15) is 0 Å². The molecule has 98 valence electrons. The van der Waals surface area contributed by atoms with E-state index in [0.29, 0.717) is 16.7 Å². The zero-order valence-corrected chi connectivity index (χ0v) is 11.4. The zero-order chi connectivity index (χ0) is 13.2. The summed E-state index contributed by atoms with van der Waals surface area (Å²) in [6, 6.07) is 8.01. The lowest BCUT2D eigenvalue weighted by atomic mass is 10.2. The monoisotopic (exact) mass is 274 g/mol. The Hall–Kier alpha value is -2.08. The first-order valence-corrected chi connectivity index (χ1v) is 6.88. The number of hydrogen-bond donors (Lipinski definition) is 1. The van der Waals surface area contributed by atoms with E-state index in [2.05, 4.69) is 32.7 Å². The van der Waals surface area contributed by atoms with Crippen LogP contribution in [0.4, 0.5) is 11.4 Å². The van der Waals surface area contributed by atoms with E-state index in [1.807, 2.05) is 19.2 Å². The average Bonchev–Trinajstić information content (AvgIpc) is 3.08. The molecule has 0 aliphatic heterocycles. The number of anilines is 2. The fourth-order valence-electron chi connectivity index (χ4n) is 2.03. The Bertz CT molecular complexity index is 677. The molecule has 19 heavy (non-hydrogen) atoms. The molecule has 0 bridgehead atoms. The summed E-state index contributed by atoms with van der Waals surface area (Å²) in [5.41, 5.74) is 8.76. The quantitative estimate of drug-likeness (QED) is 0.740. The molecule has 0 unspecified atom stereocenters. The first-order chi connectivity index (χ1) is 9.25. The number of aromatic nitrogens is 2. The Morgan fingerprint density at radius 3 is 2.89 bits per heavy atom. The van der Waals surface area contributed by atoms with Crippen molar-refractivity contribution in [2.75, 3.05) is 24.2 Å². The predicted molar refractivity (Wildman–Crippen MR) is 77.5 cm³/mol. The van der Waals surface area contributed by atoms with Gasteiger partial charge >= 0.3 is 0 Å². The normalized spacial score (nSPS) is 11.0. The van der Waals surface area contributed by atoms with Crippen LogP contribution in [0.1, 0.15) is 4.88 Å². The van der Waals surface area contributed by atoms with Crippen LogP contribution >= 0.6 is 11.3 Å². The lowest BCUT2D eigenvalue weighted by Gasteiger charge is -2.18. The molecular weight excluding hydrogens is 260 g/mol. The fourth-order valence-corrected chi connectivity index (χ4v) is 2.73. The summed E-state index contributed by atoms with van der Waals surface area (Å²) in [6.07, 6.45) is 1.01. The Labute approximate surface area is 114 Å². The van der Waals surface area contributed by atoms with E-state index in [9.17, 15) is 0 Å². The number of rotatable bonds is 4.